The minimum absolute atomic E-state index is 0.00739. The van der Waals surface area contributed by atoms with Crippen LogP contribution in [0.5, 0.6) is 0 Å². The van der Waals surface area contributed by atoms with Crippen LogP contribution in [0.1, 0.15) is 22.0 Å². The van der Waals surface area contributed by atoms with Crippen molar-refractivity contribution in [3.8, 4) is 0 Å². The smallest absolute Gasteiger partial charge is 0.133 e. The molecule has 102 valence electrons. The Morgan fingerprint density at radius 1 is 1.32 bits per heavy atom. The van der Waals surface area contributed by atoms with Crippen molar-refractivity contribution < 1.29 is 8.78 Å². The third kappa shape index (κ3) is 3.20. The monoisotopic (exact) mass is 346 g/mol. The second-order valence-corrected chi connectivity index (χ2v) is 6.77. The van der Waals surface area contributed by atoms with Crippen LogP contribution >= 0.6 is 27.3 Å². The molecular formula is C13H13BrF2N2S. The summed E-state index contributed by atoms with van der Waals surface area (Å²) in [7, 11) is 0. The molecule has 0 aliphatic heterocycles. The van der Waals surface area contributed by atoms with Crippen LogP contribution in [-0.2, 0) is 6.42 Å². The number of benzene rings is 1. The molecular weight excluding hydrogens is 334 g/mol. The van der Waals surface area contributed by atoms with Crippen molar-refractivity contribution in [1.82, 2.24) is 5.43 Å². The highest BCUT2D eigenvalue weighted by Gasteiger charge is 2.21. The van der Waals surface area contributed by atoms with Crippen LogP contribution in [0.15, 0.2) is 28.1 Å². The average Bonchev–Trinajstić information content (AvgIpc) is 2.78. The Hall–Kier alpha value is -0.820. The van der Waals surface area contributed by atoms with E-state index < -0.39 is 17.7 Å². The van der Waals surface area contributed by atoms with Gasteiger partial charge in [-0.3, -0.25) is 11.3 Å². The molecule has 0 aliphatic rings. The third-order valence-electron chi connectivity index (χ3n) is 2.90. The predicted octanol–water partition coefficient (Wildman–Crippen LogP) is 3.84. The number of nitrogens with two attached hydrogens (primary N) is 1. The van der Waals surface area contributed by atoms with Crippen molar-refractivity contribution in [2.24, 2.45) is 5.84 Å². The van der Waals surface area contributed by atoms with Gasteiger partial charge in [-0.05, 0) is 46.6 Å². The number of hydrogen-bond acceptors (Lipinski definition) is 3. The Morgan fingerprint density at radius 2 is 2.05 bits per heavy atom. The SMILES string of the molecule is Cc1ccc(F)c(C(Cc2ccc(Br)s2)NN)c1F. The maximum absolute atomic E-state index is 14.1. The van der Waals surface area contributed by atoms with Gasteiger partial charge in [-0.1, -0.05) is 6.07 Å². The molecule has 0 saturated carbocycles. The van der Waals surface area contributed by atoms with Crippen molar-refractivity contribution in [2.45, 2.75) is 19.4 Å². The Labute approximate surface area is 122 Å². The zero-order valence-corrected chi connectivity index (χ0v) is 12.6. The fraction of sp³-hybridized carbons (Fsp3) is 0.231. The minimum atomic E-state index is -0.592. The summed E-state index contributed by atoms with van der Waals surface area (Å²) in [5, 5.41) is 0. The van der Waals surface area contributed by atoms with Gasteiger partial charge in [0.1, 0.15) is 11.6 Å². The van der Waals surface area contributed by atoms with E-state index in [1.54, 1.807) is 6.92 Å². The third-order valence-corrected chi connectivity index (χ3v) is 4.55. The fourth-order valence-corrected chi connectivity index (χ4v) is 3.43. The van der Waals surface area contributed by atoms with Crippen molar-refractivity contribution >= 4 is 27.3 Å². The molecule has 1 aromatic heterocycles. The van der Waals surface area contributed by atoms with E-state index in [9.17, 15) is 8.78 Å². The first kappa shape index (κ1) is 14.6. The Morgan fingerprint density at radius 3 is 2.63 bits per heavy atom. The number of hydrazine groups is 1. The van der Waals surface area contributed by atoms with E-state index in [0.717, 1.165) is 8.66 Å². The lowest BCUT2D eigenvalue weighted by Gasteiger charge is -2.18. The standard InChI is InChI=1S/C13H13BrF2N2S/c1-7-2-4-9(15)12(13(7)16)10(18-17)6-8-3-5-11(14)19-8/h2-5,10,18H,6,17H2,1H3. The highest BCUT2D eigenvalue weighted by Crippen LogP contribution is 2.29. The summed E-state index contributed by atoms with van der Waals surface area (Å²) in [5.74, 6) is 4.33. The van der Waals surface area contributed by atoms with E-state index in [2.05, 4.69) is 21.4 Å². The topological polar surface area (TPSA) is 38.0 Å². The molecule has 0 amide bonds. The van der Waals surface area contributed by atoms with Gasteiger partial charge in [0.2, 0.25) is 0 Å². The van der Waals surface area contributed by atoms with E-state index in [4.69, 9.17) is 5.84 Å². The first-order valence-corrected chi connectivity index (χ1v) is 7.28. The highest BCUT2D eigenvalue weighted by atomic mass is 79.9. The van der Waals surface area contributed by atoms with E-state index in [-0.39, 0.29) is 5.56 Å². The molecule has 2 aromatic rings. The zero-order valence-electron chi connectivity index (χ0n) is 10.2. The lowest BCUT2D eigenvalue weighted by Crippen LogP contribution is -2.31. The molecule has 19 heavy (non-hydrogen) atoms. The largest absolute Gasteiger partial charge is 0.271 e. The molecule has 0 spiro atoms. The molecule has 1 heterocycles. The molecule has 0 bridgehead atoms. The summed E-state index contributed by atoms with van der Waals surface area (Å²) in [6.07, 6.45) is 0.435. The number of aryl methyl sites for hydroxylation is 1. The zero-order chi connectivity index (χ0) is 14.0. The van der Waals surface area contributed by atoms with Crippen molar-refractivity contribution in [3.63, 3.8) is 0 Å². The maximum Gasteiger partial charge on any atom is 0.133 e. The van der Waals surface area contributed by atoms with Gasteiger partial charge < -0.3 is 0 Å². The second kappa shape index (κ2) is 6.09. The van der Waals surface area contributed by atoms with Crippen LogP contribution in [0.3, 0.4) is 0 Å². The van der Waals surface area contributed by atoms with Crippen LogP contribution in [0.2, 0.25) is 0 Å². The number of hydrogen-bond donors (Lipinski definition) is 2. The summed E-state index contributed by atoms with van der Waals surface area (Å²) in [6, 6.07) is 5.90. The van der Waals surface area contributed by atoms with Gasteiger partial charge in [0.15, 0.2) is 0 Å². The Kier molecular flexibility index (Phi) is 4.67. The van der Waals surface area contributed by atoms with Crippen LogP contribution in [-0.4, -0.2) is 0 Å². The molecule has 0 saturated heterocycles. The molecule has 1 unspecified atom stereocenters. The molecule has 2 nitrogen and oxygen atoms in total. The Bertz CT molecular complexity index is 586. The van der Waals surface area contributed by atoms with Gasteiger partial charge in [0.05, 0.1) is 9.83 Å². The van der Waals surface area contributed by atoms with Gasteiger partial charge >= 0.3 is 0 Å². The van der Waals surface area contributed by atoms with Gasteiger partial charge in [-0.2, -0.15) is 0 Å². The van der Waals surface area contributed by atoms with E-state index in [1.165, 1.54) is 23.5 Å². The van der Waals surface area contributed by atoms with Crippen LogP contribution in [0, 0.1) is 18.6 Å². The van der Waals surface area contributed by atoms with Gasteiger partial charge in [-0.25, -0.2) is 8.78 Å². The number of thiophene rings is 1. The predicted molar refractivity (Wildman–Crippen MR) is 76.9 cm³/mol. The van der Waals surface area contributed by atoms with Crippen LogP contribution in [0.4, 0.5) is 8.78 Å². The second-order valence-electron chi connectivity index (χ2n) is 4.22. The van der Waals surface area contributed by atoms with Crippen molar-refractivity contribution in [2.75, 3.05) is 0 Å². The fourth-order valence-electron chi connectivity index (χ4n) is 1.90. The molecule has 0 aliphatic carbocycles. The Balaban J connectivity index is 2.34. The normalized spacial score (nSPS) is 12.7. The summed E-state index contributed by atoms with van der Waals surface area (Å²) < 4.78 is 28.9. The molecule has 6 heteroatoms. The van der Waals surface area contributed by atoms with E-state index >= 15 is 0 Å². The summed E-state index contributed by atoms with van der Waals surface area (Å²) in [5.41, 5.74) is 2.90. The van der Waals surface area contributed by atoms with Crippen LogP contribution < -0.4 is 11.3 Å². The van der Waals surface area contributed by atoms with Gasteiger partial charge in [0, 0.05) is 16.9 Å². The lowest BCUT2D eigenvalue weighted by molar-refractivity contribution is 0.472. The average molecular weight is 347 g/mol. The van der Waals surface area contributed by atoms with E-state index in [0.29, 0.717) is 12.0 Å². The van der Waals surface area contributed by atoms with Crippen molar-refractivity contribution in [3.05, 3.63) is 55.7 Å². The van der Waals surface area contributed by atoms with Crippen LogP contribution in [0.25, 0.3) is 0 Å². The number of halogens is 3. The molecule has 3 N–H and O–H groups in total. The minimum Gasteiger partial charge on any atom is -0.271 e. The lowest BCUT2D eigenvalue weighted by atomic mass is 10.00. The van der Waals surface area contributed by atoms with Gasteiger partial charge in [-0.15, -0.1) is 11.3 Å². The first-order valence-electron chi connectivity index (χ1n) is 5.67. The first-order chi connectivity index (χ1) is 9.02. The molecule has 1 atom stereocenters. The number of rotatable bonds is 4. The number of nitrogens with one attached hydrogen (secondary N) is 1. The maximum atomic E-state index is 14.1. The molecule has 1 aromatic carbocycles. The molecule has 2 rings (SSSR count). The van der Waals surface area contributed by atoms with Gasteiger partial charge in [0.25, 0.3) is 0 Å². The highest BCUT2D eigenvalue weighted by molar-refractivity contribution is 9.11. The van der Waals surface area contributed by atoms with E-state index in [1.807, 2.05) is 12.1 Å². The summed E-state index contributed by atoms with van der Waals surface area (Å²) >= 11 is 4.88. The van der Waals surface area contributed by atoms with Crippen molar-refractivity contribution in [1.29, 1.82) is 0 Å². The quantitative estimate of drug-likeness (QED) is 0.651. The molecule has 0 radical (unpaired) electrons. The molecule has 0 fully saturated rings. The summed E-state index contributed by atoms with van der Waals surface area (Å²) in [6.45, 7) is 1.60. The summed E-state index contributed by atoms with van der Waals surface area (Å²) in [4.78, 5) is 0.995.